The largest absolute Gasteiger partial charge is 0.478 e. The molecule has 0 radical (unpaired) electrons. The predicted octanol–water partition coefficient (Wildman–Crippen LogP) is 0.928. The third-order valence-corrected chi connectivity index (χ3v) is 1.59. The van der Waals surface area contributed by atoms with Crippen molar-refractivity contribution in [1.82, 2.24) is 0 Å². The van der Waals surface area contributed by atoms with Crippen molar-refractivity contribution in [2.24, 2.45) is 0 Å². The third kappa shape index (κ3) is 2.70. The summed E-state index contributed by atoms with van der Waals surface area (Å²) < 4.78 is 12.8. The number of hydrogen-bond acceptors (Lipinski definition) is 3. The first-order valence-electron chi connectivity index (χ1n) is 4.02. The molecule has 5 heteroatoms. The fourth-order valence-corrected chi connectivity index (χ4v) is 1.02. The number of aliphatic hydroxyl groups excluding tert-OH is 1. The van der Waals surface area contributed by atoms with Crippen molar-refractivity contribution in [2.75, 3.05) is 18.5 Å². The Labute approximate surface area is 80.0 Å². The highest BCUT2D eigenvalue weighted by Crippen LogP contribution is 2.13. The zero-order valence-corrected chi connectivity index (χ0v) is 7.33. The molecule has 0 unspecified atom stereocenters. The molecule has 0 amide bonds. The second-order valence-electron chi connectivity index (χ2n) is 2.68. The van der Waals surface area contributed by atoms with Crippen LogP contribution in [-0.2, 0) is 0 Å². The van der Waals surface area contributed by atoms with E-state index in [4.69, 9.17) is 10.2 Å². The van der Waals surface area contributed by atoms with E-state index < -0.39 is 11.8 Å². The molecule has 4 nitrogen and oxygen atoms in total. The van der Waals surface area contributed by atoms with Gasteiger partial charge in [-0.25, -0.2) is 9.18 Å². The minimum Gasteiger partial charge on any atom is -0.478 e. The van der Waals surface area contributed by atoms with Gasteiger partial charge in [-0.1, -0.05) is 0 Å². The van der Waals surface area contributed by atoms with E-state index in [0.29, 0.717) is 5.69 Å². The number of aliphatic hydroxyl groups is 1. The maximum absolute atomic E-state index is 12.8. The summed E-state index contributed by atoms with van der Waals surface area (Å²) in [4.78, 5) is 10.5. The van der Waals surface area contributed by atoms with E-state index in [-0.39, 0.29) is 18.7 Å². The van der Waals surface area contributed by atoms with Crippen molar-refractivity contribution in [3.05, 3.63) is 29.6 Å². The molecule has 1 rings (SSSR count). The molecular weight excluding hydrogens is 189 g/mol. The summed E-state index contributed by atoms with van der Waals surface area (Å²) in [7, 11) is 0. The molecule has 3 N–H and O–H groups in total. The van der Waals surface area contributed by atoms with E-state index >= 15 is 0 Å². The van der Waals surface area contributed by atoms with Crippen LogP contribution < -0.4 is 5.32 Å². The molecule has 1 aromatic rings. The average molecular weight is 199 g/mol. The highest BCUT2D eigenvalue weighted by molar-refractivity contribution is 5.88. The van der Waals surface area contributed by atoms with Gasteiger partial charge in [0.25, 0.3) is 0 Å². The Morgan fingerprint density at radius 3 is 2.71 bits per heavy atom. The number of rotatable bonds is 4. The van der Waals surface area contributed by atoms with E-state index in [9.17, 15) is 9.18 Å². The molecule has 0 fully saturated rings. The number of nitrogens with one attached hydrogen (secondary N) is 1. The topological polar surface area (TPSA) is 69.6 Å². The first kappa shape index (κ1) is 10.5. The van der Waals surface area contributed by atoms with Crippen LogP contribution in [-0.4, -0.2) is 29.3 Å². The molecule has 1 aromatic carbocycles. The van der Waals surface area contributed by atoms with E-state index in [0.717, 1.165) is 6.07 Å². The number of carboxylic acids is 1. The molecular formula is C9H10FNO3. The molecule has 0 saturated carbocycles. The minimum absolute atomic E-state index is 0.0983. The zero-order chi connectivity index (χ0) is 10.6. The van der Waals surface area contributed by atoms with Crippen molar-refractivity contribution in [1.29, 1.82) is 0 Å². The molecule has 0 aliphatic carbocycles. The summed E-state index contributed by atoms with van der Waals surface area (Å²) >= 11 is 0. The van der Waals surface area contributed by atoms with Gasteiger partial charge in [0, 0.05) is 12.2 Å². The Morgan fingerprint density at radius 1 is 1.43 bits per heavy atom. The van der Waals surface area contributed by atoms with Gasteiger partial charge in [0.15, 0.2) is 0 Å². The summed E-state index contributed by atoms with van der Waals surface area (Å²) in [5.41, 5.74) is 0.224. The maximum Gasteiger partial charge on any atom is 0.335 e. The maximum atomic E-state index is 12.8. The molecule has 0 aliphatic rings. The molecule has 0 saturated heterocycles. The lowest BCUT2D eigenvalue weighted by molar-refractivity contribution is 0.0696. The Bertz CT molecular complexity index is 341. The van der Waals surface area contributed by atoms with Crippen molar-refractivity contribution in [2.45, 2.75) is 0 Å². The van der Waals surface area contributed by atoms with Gasteiger partial charge in [-0.15, -0.1) is 0 Å². The van der Waals surface area contributed by atoms with Gasteiger partial charge >= 0.3 is 5.97 Å². The fourth-order valence-electron chi connectivity index (χ4n) is 1.02. The van der Waals surface area contributed by atoms with Gasteiger partial charge in [0.1, 0.15) is 5.82 Å². The Kier molecular flexibility index (Phi) is 3.41. The smallest absolute Gasteiger partial charge is 0.335 e. The van der Waals surface area contributed by atoms with E-state index in [1.807, 2.05) is 0 Å². The number of hydrogen-bond donors (Lipinski definition) is 3. The summed E-state index contributed by atoms with van der Waals surface area (Å²) in [6.45, 7) is 0.154. The van der Waals surface area contributed by atoms with Gasteiger partial charge in [-0.3, -0.25) is 0 Å². The Morgan fingerprint density at radius 2 is 2.14 bits per heavy atom. The van der Waals surface area contributed by atoms with Crippen molar-refractivity contribution in [3.8, 4) is 0 Å². The number of carbonyl (C=O) groups is 1. The summed E-state index contributed by atoms with van der Waals surface area (Å²) in [6, 6.07) is 3.41. The van der Waals surface area contributed by atoms with Crippen molar-refractivity contribution in [3.63, 3.8) is 0 Å². The molecule has 0 spiro atoms. The van der Waals surface area contributed by atoms with Crippen LogP contribution in [0.2, 0.25) is 0 Å². The molecule has 14 heavy (non-hydrogen) atoms. The number of anilines is 1. The van der Waals surface area contributed by atoms with Crippen LogP contribution in [0.15, 0.2) is 18.2 Å². The van der Waals surface area contributed by atoms with E-state index in [1.54, 1.807) is 0 Å². The van der Waals surface area contributed by atoms with Crippen LogP contribution in [0.3, 0.4) is 0 Å². The lowest BCUT2D eigenvalue weighted by Gasteiger charge is -2.05. The van der Waals surface area contributed by atoms with Gasteiger partial charge in [0.2, 0.25) is 0 Å². The molecule has 0 atom stereocenters. The molecule has 0 heterocycles. The Hall–Kier alpha value is -1.62. The molecule has 0 aromatic heterocycles. The molecule has 76 valence electrons. The van der Waals surface area contributed by atoms with Gasteiger partial charge < -0.3 is 15.5 Å². The number of carboxylic acid groups (broad SMARTS) is 1. The summed E-state index contributed by atoms with van der Waals surface area (Å²) in [5, 5.41) is 19.8. The second kappa shape index (κ2) is 4.57. The van der Waals surface area contributed by atoms with Crippen LogP contribution in [0.1, 0.15) is 10.4 Å². The van der Waals surface area contributed by atoms with E-state index in [1.165, 1.54) is 12.1 Å². The van der Waals surface area contributed by atoms with E-state index in [2.05, 4.69) is 5.32 Å². The SMILES string of the molecule is O=C(O)c1cc(F)cc(NCCO)c1. The van der Waals surface area contributed by atoms with Gasteiger partial charge in [-0.2, -0.15) is 0 Å². The van der Waals surface area contributed by atoms with Crippen molar-refractivity contribution >= 4 is 11.7 Å². The standard InChI is InChI=1S/C9H10FNO3/c10-7-3-6(9(13)14)4-8(5-7)11-1-2-12/h3-5,11-12H,1-2H2,(H,13,14). The molecule has 0 bridgehead atoms. The van der Waals surface area contributed by atoms with Gasteiger partial charge in [0.05, 0.1) is 12.2 Å². The minimum atomic E-state index is -1.18. The first-order valence-corrected chi connectivity index (χ1v) is 4.02. The van der Waals surface area contributed by atoms with Crippen molar-refractivity contribution < 1.29 is 19.4 Å². The van der Waals surface area contributed by atoms with Crippen LogP contribution in [0, 0.1) is 5.82 Å². The summed E-state index contributed by atoms with van der Waals surface area (Å²) in [6.07, 6.45) is 0. The number of halogens is 1. The predicted molar refractivity (Wildman–Crippen MR) is 48.9 cm³/mol. The number of benzene rings is 1. The quantitative estimate of drug-likeness (QED) is 0.674. The highest BCUT2D eigenvalue weighted by Gasteiger charge is 2.06. The fraction of sp³-hybridized carbons (Fsp3) is 0.222. The van der Waals surface area contributed by atoms with Crippen LogP contribution in [0.4, 0.5) is 10.1 Å². The Balaban J connectivity index is 2.89. The van der Waals surface area contributed by atoms with Crippen LogP contribution in [0.25, 0.3) is 0 Å². The van der Waals surface area contributed by atoms with Gasteiger partial charge in [-0.05, 0) is 18.2 Å². The first-order chi connectivity index (χ1) is 6.63. The van der Waals surface area contributed by atoms with Crippen LogP contribution in [0.5, 0.6) is 0 Å². The average Bonchev–Trinajstić information content (AvgIpc) is 2.14. The summed E-state index contributed by atoms with van der Waals surface area (Å²) in [5.74, 6) is -1.80. The lowest BCUT2D eigenvalue weighted by Crippen LogP contribution is -2.07. The highest BCUT2D eigenvalue weighted by atomic mass is 19.1. The van der Waals surface area contributed by atoms with Crippen LogP contribution >= 0.6 is 0 Å². The molecule has 0 aliphatic heterocycles. The normalized spacial score (nSPS) is 9.86. The monoisotopic (exact) mass is 199 g/mol. The third-order valence-electron chi connectivity index (χ3n) is 1.59. The lowest BCUT2D eigenvalue weighted by atomic mass is 10.2. The number of aromatic carboxylic acids is 1. The zero-order valence-electron chi connectivity index (χ0n) is 7.33. The second-order valence-corrected chi connectivity index (χ2v) is 2.68.